The van der Waals surface area contributed by atoms with E-state index in [9.17, 15) is 0 Å². The summed E-state index contributed by atoms with van der Waals surface area (Å²) in [6.45, 7) is 20.0. The fraction of sp³-hybridized carbons (Fsp3) is 0.818. The van der Waals surface area contributed by atoms with E-state index in [0.717, 1.165) is 31.6 Å². The van der Waals surface area contributed by atoms with Crippen molar-refractivity contribution in [1.29, 1.82) is 0 Å². The van der Waals surface area contributed by atoms with Crippen LogP contribution in [0.4, 0.5) is 0 Å². The van der Waals surface area contributed by atoms with Gasteiger partial charge in [0.1, 0.15) is 0 Å². The zero-order valence-corrected chi connectivity index (χ0v) is 25.2. The average Bonchev–Trinajstić information content (AvgIpc) is 2.91. The van der Waals surface area contributed by atoms with E-state index in [2.05, 4.69) is 79.3 Å². The average molecular weight is 513 g/mol. The molecular formula is C33H60N4. The van der Waals surface area contributed by atoms with E-state index in [0.29, 0.717) is 6.04 Å². The molecule has 3 atom stereocenters. The summed E-state index contributed by atoms with van der Waals surface area (Å²) in [7, 11) is 0. The third-order valence-electron chi connectivity index (χ3n) is 9.10. The summed E-state index contributed by atoms with van der Waals surface area (Å²) in [6, 6.07) is 9.58. The normalized spacial score (nSPS) is 24.6. The van der Waals surface area contributed by atoms with Gasteiger partial charge in [0.15, 0.2) is 0 Å². The standard InChI is InChI=1S/C33H60N4/c1-6-10-15-28(8-3)23-36-25-33(5,26-37(27-36)24-29(9-4)16-11-7-2)35-22-21-34-32-20-14-18-30-17-12-13-19-31(30)32/h12-13,17,19,28-29,32,34-35H,6-11,14-16,18,20-27H2,1-5H3. The number of fused-ring (bicyclic) bond motifs is 1. The molecule has 4 nitrogen and oxygen atoms in total. The SMILES string of the molecule is CCCCC(CC)CN1CN(CC(CC)CCCC)CC(C)(NCCNC2CCCc3ccccc32)C1. The Morgan fingerprint density at radius 1 is 0.892 bits per heavy atom. The molecular weight excluding hydrogens is 452 g/mol. The molecule has 3 unspecified atom stereocenters. The topological polar surface area (TPSA) is 30.5 Å². The molecule has 4 heteroatoms. The van der Waals surface area contributed by atoms with Crippen LogP contribution in [0, 0.1) is 11.8 Å². The van der Waals surface area contributed by atoms with Crippen molar-refractivity contribution < 1.29 is 0 Å². The Balaban J connectivity index is 1.58. The van der Waals surface area contributed by atoms with Crippen LogP contribution < -0.4 is 10.6 Å². The first-order valence-corrected chi connectivity index (χ1v) is 16.0. The summed E-state index contributed by atoms with van der Waals surface area (Å²) >= 11 is 0. The van der Waals surface area contributed by atoms with Crippen molar-refractivity contribution in [3.8, 4) is 0 Å². The minimum absolute atomic E-state index is 0.149. The van der Waals surface area contributed by atoms with Gasteiger partial charge in [-0.3, -0.25) is 9.80 Å². The van der Waals surface area contributed by atoms with E-state index >= 15 is 0 Å². The van der Waals surface area contributed by atoms with Crippen molar-refractivity contribution >= 4 is 0 Å². The van der Waals surface area contributed by atoms with Crippen LogP contribution in [-0.4, -0.2) is 61.3 Å². The van der Waals surface area contributed by atoms with Crippen molar-refractivity contribution in [2.24, 2.45) is 11.8 Å². The third-order valence-corrected chi connectivity index (χ3v) is 9.10. The van der Waals surface area contributed by atoms with Crippen LogP contribution in [0.25, 0.3) is 0 Å². The van der Waals surface area contributed by atoms with Gasteiger partial charge < -0.3 is 10.6 Å². The van der Waals surface area contributed by atoms with E-state index in [1.807, 2.05) is 0 Å². The molecule has 0 amide bonds. The first kappa shape index (κ1) is 30.6. The second kappa shape index (κ2) is 16.2. The number of nitrogens with one attached hydrogen (secondary N) is 2. The predicted octanol–water partition coefficient (Wildman–Crippen LogP) is 7.01. The van der Waals surface area contributed by atoms with E-state index in [1.165, 1.54) is 102 Å². The second-order valence-corrected chi connectivity index (χ2v) is 12.6. The summed E-state index contributed by atoms with van der Waals surface area (Å²) in [6.07, 6.45) is 14.6. The van der Waals surface area contributed by atoms with Crippen LogP contribution in [0.15, 0.2) is 24.3 Å². The van der Waals surface area contributed by atoms with Crippen molar-refractivity contribution in [3.05, 3.63) is 35.4 Å². The molecule has 212 valence electrons. The predicted molar refractivity (Wildman–Crippen MR) is 161 cm³/mol. The molecule has 1 aliphatic carbocycles. The number of hydrogen-bond acceptors (Lipinski definition) is 4. The van der Waals surface area contributed by atoms with Gasteiger partial charge in [-0.1, -0.05) is 90.5 Å². The smallest absolute Gasteiger partial charge is 0.0507 e. The summed E-state index contributed by atoms with van der Waals surface area (Å²) in [5.74, 6) is 1.67. The Kier molecular flexibility index (Phi) is 13.4. The van der Waals surface area contributed by atoms with Crippen LogP contribution in [0.3, 0.4) is 0 Å². The first-order chi connectivity index (χ1) is 18.0. The Labute approximate surface area is 230 Å². The van der Waals surface area contributed by atoms with Gasteiger partial charge in [0.05, 0.1) is 6.67 Å². The van der Waals surface area contributed by atoms with Gasteiger partial charge in [-0.05, 0) is 62.0 Å². The number of aryl methyl sites for hydroxylation is 1. The van der Waals surface area contributed by atoms with Gasteiger partial charge in [0.2, 0.25) is 0 Å². The lowest BCUT2D eigenvalue weighted by atomic mass is 9.88. The number of benzene rings is 1. The molecule has 2 aliphatic rings. The summed E-state index contributed by atoms with van der Waals surface area (Å²) in [5.41, 5.74) is 3.23. The third kappa shape index (κ3) is 9.95. The van der Waals surface area contributed by atoms with Gasteiger partial charge in [-0.25, -0.2) is 0 Å². The molecule has 1 saturated heterocycles. The fourth-order valence-corrected chi connectivity index (χ4v) is 6.92. The summed E-state index contributed by atoms with van der Waals surface area (Å²) < 4.78 is 0. The van der Waals surface area contributed by atoms with Crippen molar-refractivity contribution in [1.82, 2.24) is 20.4 Å². The molecule has 1 aromatic carbocycles. The van der Waals surface area contributed by atoms with Gasteiger partial charge in [0.25, 0.3) is 0 Å². The highest BCUT2D eigenvalue weighted by Crippen LogP contribution is 2.29. The van der Waals surface area contributed by atoms with Crippen LogP contribution in [0.2, 0.25) is 0 Å². The van der Waals surface area contributed by atoms with Crippen LogP contribution in [0.1, 0.15) is 116 Å². The molecule has 3 rings (SSSR count). The largest absolute Gasteiger partial charge is 0.309 e. The van der Waals surface area contributed by atoms with Gasteiger partial charge >= 0.3 is 0 Å². The molecule has 0 radical (unpaired) electrons. The van der Waals surface area contributed by atoms with E-state index < -0.39 is 0 Å². The molecule has 1 heterocycles. The molecule has 1 aromatic rings. The van der Waals surface area contributed by atoms with Crippen LogP contribution in [0.5, 0.6) is 0 Å². The van der Waals surface area contributed by atoms with Gasteiger partial charge in [0, 0.05) is 50.8 Å². The zero-order valence-electron chi connectivity index (χ0n) is 25.2. The van der Waals surface area contributed by atoms with E-state index in [1.54, 1.807) is 5.56 Å². The summed E-state index contributed by atoms with van der Waals surface area (Å²) in [4.78, 5) is 5.58. The highest BCUT2D eigenvalue weighted by molar-refractivity contribution is 5.32. The highest BCUT2D eigenvalue weighted by atomic mass is 15.4. The summed E-state index contributed by atoms with van der Waals surface area (Å²) in [5, 5.41) is 7.94. The molecule has 2 N–H and O–H groups in total. The van der Waals surface area contributed by atoms with E-state index in [4.69, 9.17) is 0 Å². The Hall–Kier alpha value is -0.940. The molecule has 1 fully saturated rings. The lowest BCUT2D eigenvalue weighted by Gasteiger charge is -2.48. The van der Waals surface area contributed by atoms with Crippen LogP contribution in [-0.2, 0) is 6.42 Å². The fourth-order valence-electron chi connectivity index (χ4n) is 6.92. The van der Waals surface area contributed by atoms with Gasteiger partial charge in [-0.2, -0.15) is 0 Å². The lowest BCUT2D eigenvalue weighted by Crippen LogP contribution is -2.65. The maximum absolute atomic E-state index is 4.04. The molecule has 0 saturated carbocycles. The number of hydrogen-bond donors (Lipinski definition) is 2. The van der Waals surface area contributed by atoms with Gasteiger partial charge in [-0.15, -0.1) is 0 Å². The Bertz CT molecular complexity index is 724. The van der Waals surface area contributed by atoms with Crippen molar-refractivity contribution in [2.75, 3.05) is 45.9 Å². The maximum Gasteiger partial charge on any atom is 0.0507 e. The second-order valence-electron chi connectivity index (χ2n) is 12.6. The van der Waals surface area contributed by atoms with Crippen LogP contribution >= 0.6 is 0 Å². The van der Waals surface area contributed by atoms with Crippen molar-refractivity contribution in [3.63, 3.8) is 0 Å². The highest BCUT2D eigenvalue weighted by Gasteiger charge is 2.35. The number of rotatable bonds is 17. The molecule has 1 aliphatic heterocycles. The molecule has 0 spiro atoms. The molecule has 37 heavy (non-hydrogen) atoms. The minimum Gasteiger partial charge on any atom is -0.309 e. The van der Waals surface area contributed by atoms with E-state index in [-0.39, 0.29) is 5.54 Å². The quantitative estimate of drug-likeness (QED) is 0.220. The Morgan fingerprint density at radius 2 is 1.51 bits per heavy atom. The zero-order chi connectivity index (χ0) is 26.5. The maximum atomic E-state index is 4.04. The first-order valence-electron chi connectivity index (χ1n) is 16.0. The molecule has 0 aromatic heterocycles. The molecule has 0 bridgehead atoms. The minimum atomic E-state index is 0.149. The van der Waals surface area contributed by atoms with Crippen molar-refractivity contribution in [2.45, 2.75) is 117 Å². The lowest BCUT2D eigenvalue weighted by molar-refractivity contribution is 0.00513. The number of nitrogens with zero attached hydrogens (tertiary/aromatic N) is 2. The Morgan fingerprint density at radius 3 is 2.11 bits per heavy atom. The number of unbranched alkanes of at least 4 members (excludes halogenated alkanes) is 2. The monoisotopic (exact) mass is 512 g/mol.